The molecule has 5 nitrogen and oxygen atoms in total. The van der Waals surface area contributed by atoms with Crippen molar-refractivity contribution < 1.29 is 4.74 Å². The summed E-state index contributed by atoms with van der Waals surface area (Å²) < 4.78 is 5.12. The number of rotatable bonds is 6. The Morgan fingerprint density at radius 2 is 2.06 bits per heavy atom. The molecular weight excluding hydrogens is 248 g/mol. The molecule has 0 bridgehead atoms. The third-order valence-corrected chi connectivity index (χ3v) is 3.35. The molecule has 0 fully saturated rings. The van der Waals surface area contributed by atoms with Crippen LogP contribution in [0.15, 0.2) is 24.3 Å². The summed E-state index contributed by atoms with van der Waals surface area (Å²) in [6.45, 7) is 1.50. The Balaban J connectivity index is 2.04. The van der Waals surface area contributed by atoms with E-state index in [1.54, 1.807) is 7.11 Å². The van der Waals surface area contributed by atoms with Crippen LogP contribution >= 0.6 is 11.3 Å². The number of nitrogens with two attached hydrogens (primary N) is 1. The van der Waals surface area contributed by atoms with Crippen molar-refractivity contribution in [1.29, 1.82) is 0 Å². The normalized spacial score (nSPS) is 10.3. The summed E-state index contributed by atoms with van der Waals surface area (Å²) in [6, 6.07) is 7.78. The van der Waals surface area contributed by atoms with E-state index in [-0.39, 0.29) is 0 Å². The standard InChI is InChI=1S/C12H16N4OS/c1-17-10-5-3-9(4-6-10)11-15-16-12(18-11)14-8-2-7-13/h3-6H,2,7-8,13H2,1H3,(H,14,16). The minimum absolute atomic E-state index is 0.678. The molecule has 1 heterocycles. The molecule has 0 atom stereocenters. The van der Waals surface area contributed by atoms with Gasteiger partial charge in [0, 0.05) is 12.1 Å². The lowest BCUT2D eigenvalue weighted by Crippen LogP contribution is -2.08. The highest BCUT2D eigenvalue weighted by Crippen LogP contribution is 2.27. The molecule has 0 saturated heterocycles. The number of aromatic nitrogens is 2. The zero-order valence-corrected chi connectivity index (χ0v) is 11.0. The fourth-order valence-corrected chi connectivity index (χ4v) is 2.22. The van der Waals surface area contributed by atoms with Crippen LogP contribution in [0.1, 0.15) is 6.42 Å². The second kappa shape index (κ2) is 6.32. The Bertz CT molecular complexity index is 483. The first kappa shape index (κ1) is 12.8. The molecule has 6 heteroatoms. The number of ether oxygens (including phenoxy) is 1. The zero-order chi connectivity index (χ0) is 12.8. The second-order valence-electron chi connectivity index (χ2n) is 3.71. The molecule has 0 radical (unpaired) electrons. The average Bonchev–Trinajstić information content (AvgIpc) is 2.88. The van der Waals surface area contributed by atoms with Crippen molar-refractivity contribution in [3.63, 3.8) is 0 Å². The minimum Gasteiger partial charge on any atom is -0.497 e. The quantitative estimate of drug-likeness (QED) is 0.780. The van der Waals surface area contributed by atoms with Crippen LogP contribution in [0.3, 0.4) is 0 Å². The van der Waals surface area contributed by atoms with Crippen LogP contribution in [0.2, 0.25) is 0 Å². The van der Waals surface area contributed by atoms with E-state index in [9.17, 15) is 0 Å². The molecule has 0 aliphatic rings. The maximum Gasteiger partial charge on any atom is 0.206 e. The summed E-state index contributed by atoms with van der Waals surface area (Å²) >= 11 is 1.53. The predicted molar refractivity (Wildman–Crippen MR) is 74.1 cm³/mol. The number of benzene rings is 1. The molecule has 18 heavy (non-hydrogen) atoms. The Hall–Kier alpha value is -1.66. The highest BCUT2D eigenvalue weighted by Gasteiger charge is 2.06. The Morgan fingerprint density at radius 3 is 2.72 bits per heavy atom. The lowest BCUT2D eigenvalue weighted by atomic mass is 10.2. The van der Waals surface area contributed by atoms with Gasteiger partial charge in [-0.2, -0.15) is 0 Å². The molecule has 0 aliphatic heterocycles. The van der Waals surface area contributed by atoms with Crippen LogP contribution in [0, 0.1) is 0 Å². The van der Waals surface area contributed by atoms with E-state index >= 15 is 0 Å². The number of nitrogens with zero attached hydrogens (tertiary/aromatic N) is 2. The monoisotopic (exact) mass is 264 g/mol. The van der Waals surface area contributed by atoms with Crippen LogP contribution in [-0.2, 0) is 0 Å². The van der Waals surface area contributed by atoms with Gasteiger partial charge in [0.2, 0.25) is 5.13 Å². The van der Waals surface area contributed by atoms with Crippen molar-refractivity contribution in [3.05, 3.63) is 24.3 Å². The van der Waals surface area contributed by atoms with Gasteiger partial charge in [-0.1, -0.05) is 11.3 Å². The molecular formula is C12H16N4OS. The van der Waals surface area contributed by atoms with Crippen molar-refractivity contribution in [1.82, 2.24) is 10.2 Å². The first-order valence-electron chi connectivity index (χ1n) is 5.75. The molecule has 0 saturated carbocycles. The number of nitrogens with one attached hydrogen (secondary N) is 1. The largest absolute Gasteiger partial charge is 0.497 e. The van der Waals surface area contributed by atoms with Crippen LogP contribution in [0.4, 0.5) is 5.13 Å². The Morgan fingerprint density at radius 1 is 1.28 bits per heavy atom. The molecule has 0 aliphatic carbocycles. The highest BCUT2D eigenvalue weighted by molar-refractivity contribution is 7.18. The summed E-state index contributed by atoms with van der Waals surface area (Å²) in [7, 11) is 1.65. The lowest BCUT2D eigenvalue weighted by molar-refractivity contribution is 0.415. The third-order valence-electron chi connectivity index (χ3n) is 2.42. The van der Waals surface area contributed by atoms with E-state index in [0.717, 1.165) is 34.4 Å². The average molecular weight is 264 g/mol. The van der Waals surface area contributed by atoms with Gasteiger partial charge in [-0.05, 0) is 37.2 Å². The fraction of sp³-hybridized carbons (Fsp3) is 0.333. The first-order valence-corrected chi connectivity index (χ1v) is 6.57. The summed E-state index contributed by atoms with van der Waals surface area (Å²) in [5, 5.41) is 13.2. The van der Waals surface area contributed by atoms with Crippen molar-refractivity contribution in [3.8, 4) is 16.3 Å². The lowest BCUT2D eigenvalue weighted by Gasteiger charge is -2.00. The van der Waals surface area contributed by atoms with Gasteiger partial charge in [-0.25, -0.2) is 0 Å². The van der Waals surface area contributed by atoms with Gasteiger partial charge in [0.05, 0.1) is 7.11 Å². The van der Waals surface area contributed by atoms with E-state index < -0.39 is 0 Å². The van der Waals surface area contributed by atoms with Gasteiger partial charge < -0.3 is 15.8 Å². The summed E-state index contributed by atoms with van der Waals surface area (Å²) in [4.78, 5) is 0. The van der Waals surface area contributed by atoms with Crippen LogP contribution in [-0.4, -0.2) is 30.4 Å². The van der Waals surface area contributed by atoms with Gasteiger partial charge in [0.25, 0.3) is 0 Å². The molecule has 3 N–H and O–H groups in total. The van der Waals surface area contributed by atoms with Crippen LogP contribution in [0.25, 0.3) is 10.6 Å². The fourth-order valence-electron chi connectivity index (χ4n) is 1.44. The molecule has 0 spiro atoms. The summed E-state index contributed by atoms with van der Waals surface area (Å²) in [5.41, 5.74) is 6.47. The molecule has 2 rings (SSSR count). The van der Waals surface area contributed by atoms with Crippen molar-refractivity contribution in [2.45, 2.75) is 6.42 Å². The molecule has 1 aromatic carbocycles. The second-order valence-corrected chi connectivity index (χ2v) is 4.69. The predicted octanol–water partition coefficient (Wildman–Crippen LogP) is 1.97. The number of methoxy groups -OCH3 is 1. The van der Waals surface area contributed by atoms with E-state index in [2.05, 4.69) is 15.5 Å². The molecule has 0 unspecified atom stereocenters. The van der Waals surface area contributed by atoms with Gasteiger partial charge in [0.1, 0.15) is 10.8 Å². The molecule has 1 aromatic heterocycles. The van der Waals surface area contributed by atoms with Gasteiger partial charge in [0.15, 0.2) is 0 Å². The van der Waals surface area contributed by atoms with Crippen molar-refractivity contribution >= 4 is 16.5 Å². The van der Waals surface area contributed by atoms with Gasteiger partial charge in [-0.3, -0.25) is 0 Å². The Kier molecular flexibility index (Phi) is 4.49. The number of hydrogen-bond acceptors (Lipinski definition) is 6. The van der Waals surface area contributed by atoms with E-state index in [1.165, 1.54) is 11.3 Å². The smallest absolute Gasteiger partial charge is 0.206 e. The van der Waals surface area contributed by atoms with Crippen molar-refractivity contribution in [2.75, 3.05) is 25.5 Å². The number of anilines is 1. The summed E-state index contributed by atoms with van der Waals surface area (Å²) in [5.74, 6) is 0.838. The maximum absolute atomic E-state index is 5.43. The molecule has 0 amide bonds. The first-order chi connectivity index (χ1) is 8.83. The van der Waals surface area contributed by atoms with Crippen molar-refractivity contribution in [2.24, 2.45) is 5.73 Å². The minimum atomic E-state index is 0.678. The SMILES string of the molecule is COc1ccc(-c2nnc(NCCCN)s2)cc1. The highest BCUT2D eigenvalue weighted by atomic mass is 32.1. The van der Waals surface area contributed by atoms with Crippen LogP contribution in [0.5, 0.6) is 5.75 Å². The maximum atomic E-state index is 5.43. The number of hydrogen-bond donors (Lipinski definition) is 2. The third kappa shape index (κ3) is 3.18. The molecule has 2 aromatic rings. The van der Waals surface area contributed by atoms with Gasteiger partial charge in [-0.15, -0.1) is 10.2 Å². The topological polar surface area (TPSA) is 73.1 Å². The zero-order valence-electron chi connectivity index (χ0n) is 10.2. The van der Waals surface area contributed by atoms with Crippen LogP contribution < -0.4 is 15.8 Å². The summed E-state index contributed by atoms with van der Waals surface area (Å²) in [6.07, 6.45) is 0.928. The van der Waals surface area contributed by atoms with E-state index in [0.29, 0.717) is 6.54 Å². The van der Waals surface area contributed by atoms with Gasteiger partial charge >= 0.3 is 0 Å². The Labute approximate surface area is 110 Å². The van der Waals surface area contributed by atoms with E-state index in [4.69, 9.17) is 10.5 Å². The molecule has 96 valence electrons. The van der Waals surface area contributed by atoms with E-state index in [1.807, 2.05) is 24.3 Å².